The molecular weight excluding hydrogens is 178 g/mol. The molecule has 0 saturated heterocycles. The van der Waals surface area contributed by atoms with Crippen molar-refractivity contribution in [3.63, 3.8) is 0 Å². The molecule has 0 spiro atoms. The number of rotatable bonds is 6. The van der Waals surface area contributed by atoms with Crippen LogP contribution in [0.4, 0.5) is 0 Å². The first-order valence-electron chi connectivity index (χ1n) is 5.47. The van der Waals surface area contributed by atoms with Gasteiger partial charge in [-0.3, -0.25) is 0 Å². The van der Waals surface area contributed by atoms with Crippen molar-refractivity contribution in [2.24, 2.45) is 16.6 Å². The lowest BCUT2D eigenvalue weighted by atomic mass is 9.95. The average Bonchev–Trinajstić information content (AvgIpc) is 2.70. The van der Waals surface area contributed by atoms with Crippen molar-refractivity contribution in [3.8, 4) is 0 Å². The van der Waals surface area contributed by atoms with E-state index in [4.69, 9.17) is 15.2 Å². The van der Waals surface area contributed by atoms with E-state index in [0.29, 0.717) is 19.8 Å². The zero-order valence-electron chi connectivity index (χ0n) is 9.80. The number of ether oxygens (including phenoxy) is 2. The van der Waals surface area contributed by atoms with Gasteiger partial charge in [-0.1, -0.05) is 13.8 Å². The number of hydrogen-bond acceptors (Lipinski definition) is 3. The van der Waals surface area contributed by atoms with Crippen molar-refractivity contribution < 1.29 is 9.47 Å². The molecule has 1 fully saturated rings. The Morgan fingerprint density at radius 2 is 1.64 bits per heavy atom. The van der Waals surface area contributed by atoms with E-state index in [-0.39, 0.29) is 17.1 Å². The maximum Gasteiger partial charge on any atom is 0.164 e. The normalized spacial score (nSPS) is 29.6. The van der Waals surface area contributed by atoms with Gasteiger partial charge in [0, 0.05) is 25.2 Å². The number of nitrogens with two attached hydrogens (primary N) is 1. The summed E-state index contributed by atoms with van der Waals surface area (Å²) < 4.78 is 11.3. The molecule has 1 aliphatic rings. The van der Waals surface area contributed by atoms with E-state index < -0.39 is 0 Å². The Bertz CT molecular complexity index is 188. The van der Waals surface area contributed by atoms with E-state index in [9.17, 15) is 0 Å². The number of hydrogen-bond donors (Lipinski definition) is 1. The molecule has 0 aromatic heterocycles. The molecule has 1 rings (SSSR count). The summed E-state index contributed by atoms with van der Waals surface area (Å²) in [5.74, 6) is 0. The molecule has 0 bridgehead atoms. The smallest absolute Gasteiger partial charge is 0.164 e. The molecule has 2 N–H and O–H groups in total. The Kier molecular flexibility index (Phi) is 3.56. The molecule has 0 aromatic carbocycles. The van der Waals surface area contributed by atoms with E-state index in [1.807, 2.05) is 13.8 Å². The summed E-state index contributed by atoms with van der Waals surface area (Å²) in [6, 6.07) is 0. The topological polar surface area (TPSA) is 44.5 Å². The Labute approximate surface area is 86.9 Å². The third-order valence-corrected chi connectivity index (χ3v) is 3.43. The minimum atomic E-state index is -0.127. The molecule has 0 aromatic rings. The molecule has 1 unspecified atom stereocenters. The molecular formula is C11H23NO2. The third-order valence-electron chi connectivity index (χ3n) is 3.43. The van der Waals surface area contributed by atoms with Crippen LogP contribution in [0.15, 0.2) is 0 Å². The van der Waals surface area contributed by atoms with Gasteiger partial charge in [0.25, 0.3) is 0 Å². The predicted molar refractivity (Wildman–Crippen MR) is 56.9 cm³/mol. The van der Waals surface area contributed by atoms with Crippen LogP contribution in [0.5, 0.6) is 0 Å². The molecule has 1 atom stereocenters. The van der Waals surface area contributed by atoms with Crippen LogP contribution < -0.4 is 5.73 Å². The standard InChI is InChI=1S/C11H23NO2/c1-5-13-9(14-6-2)11(8-12)7-10(11,3)4/h9H,5-8,12H2,1-4H3. The van der Waals surface area contributed by atoms with Gasteiger partial charge < -0.3 is 15.2 Å². The second kappa shape index (κ2) is 4.17. The third kappa shape index (κ3) is 1.81. The summed E-state index contributed by atoms with van der Waals surface area (Å²) in [4.78, 5) is 0. The molecule has 14 heavy (non-hydrogen) atoms. The van der Waals surface area contributed by atoms with E-state index in [1.165, 1.54) is 0 Å². The van der Waals surface area contributed by atoms with Crippen LogP contribution in [0.2, 0.25) is 0 Å². The Hall–Kier alpha value is -0.120. The molecule has 0 radical (unpaired) electrons. The first-order valence-corrected chi connectivity index (χ1v) is 5.47. The van der Waals surface area contributed by atoms with Crippen LogP contribution in [-0.2, 0) is 9.47 Å². The largest absolute Gasteiger partial charge is 0.352 e. The summed E-state index contributed by atoms with van der Waals surface area (Å²) >= 11 is 0. The summed E-state index contributed by atoms with van der Waals surface area (Å²) in [5.41, 5.74) is 6.15. The first-order chi connectivity index (χ1) is 6.54. The monoisotopic (exact) mass is 201 g/mol. The van der Waals surface area contributed by atoms with Gasteiger partial charge in [0.05, 0.1) is 0 Å². The van der Waals surface area contributed by atoms with Gasteiger partial charge in [0.15, 0.2) is 6.29 Å². The lowest BCUT2D eigenvalue weighted by Gasteiger charge is -2.28. The molecule has 1 aliphatic carbocycles. The highest BCUT2D eigenvalue weighted by Gasteiger charge is 2.65. The quantitative estimate of drug-likeness (QED) is 0.666. The van der Waals surface area contributed by atoms with Crippen molar-refractivity contribution in [1.29, 1.82) is 0 Å². The van der Waals surface area contributed by atoms with Crippen LogP contribution >= 0.6 is 0 Å². The zero-order chi connectivity index (χ0) is 10.8. The van der Waals surface area contributed by atoms with Gasteiger partial charge in [0.1, 0.15) is 0 Å². The summed E-state index contributed by atoms with van der Waals surface area (Å²) in [6.07, 6.45) is 0.971. The molecule has 3 heteroatoms. The maximum absolute atomic E-state index is 5.85. The van der Waals surface area contributed by atoms with Crippen molar-refractivity contribution >= 4 is 0 Å². The summed E-state index contributed by atoms with van der Waals surface area (Å²) in [7, 11) is 0. The van der Waals surface area contributed by atoms with E-state index >= 15 is 0 Å². The lowest BCUT2D eigenvalue weighted by Crippen LogP contribution is -2.37. The van der Waals surface area contributed by atoms with E-state index in [2.05, 4.69) is 13.8 Å². The molecule has 84 valence electrons. The molecule has 3 nitrogen and oxygen atoms in total. The highest BCUT2D eigenvalue weighted by molar-refractivity contribution is 5.12. The Morgan fingerprint density at radius 1 is 1.21 bits per heavy atom. The van der Waals surface area contributed by atoms with E-state index in [0.717, 1.165) is 6.42 Å². The van der Waals surface area contributed by atoms with E-state index in [1.54, 1.807) is 0 Å². The van der Waals surface area contributed by atoms with Crippen LogP contribution in [0.25, 0.3) is 0 Å². The van der Waals surface area contributed by atoms with Gasteiger partial charge in [-0.05, 0) is 25.7 Å². The SMILES string of the molecule is CCOC(OCC)C1(CN)CC1(C)C. The minimum Gasteiger partial charge on any atom is -0.352 e. The van der Waals surface area contributed by atoms with Gasteiger partial charge in [-0.15, -0.1) is 0 Å². The molecule has 0 heterocycles. The highest BCUT2D eigenvalue weighted by atomic mass is 16.7. The van der Waals surface area contributed by atoms with Crippen molar-refractivity contribution in [2.45, 2.75) is 40.4 Å². The zero-order valence-corrected chi connectivity index (χ0v) is 9.80. The van der Waals surface area contributed by atoms with Gasteiger partial charge in [0.2, 0.25) is 0 Å². The maximum atomic E-state index is 5.85. The van der Waals surface area contributed by atoms with Gasteiger partial charge in [-0.2, -0.15) is 0 Å². The first kappa shape index (κ1) is 12.0. The van der Waals surface area contributed by atoms with Crippen molar-refractivity contribution in [2.75, 3.05) is 19.8 Å². The molecule has 1 saturated carbocycles. The molecule has 0 aliphatic heterocycles. The van der Waals surface area contributed by atoms with Crippen LogP contribution in [-0.4, -0.2) is 26.0 Å². The van der Waals surface area contributed by atoms with Crippen LogP contribution in [0.1, 0.15) is 34.1 Å². The molecule has 0 amide bonds. The summed E-state index contributed by atoms with van der Waals surface area (Å²) in [5, 5.41) is 0. The lowest BCUT2D eigenvalue weighted by molar-refractivity contribution is -0.181. The second-order valence-electron chi connectivity index (χ2n) is 4.66. The van der Waals surface area contributed by atoms with Crippen molar-refractivity contribution in [3.05, 3.63) is 0 Å². The summed E-state index contributed by atoms with van der Waals surface area (Å²) in [6.45, 7) is 10.4. The Balaban J connectivity index is 2.66. The minimum absolute atomic E-state index is 0.0407. The van der Waals surface area contributed by atoms with Crippen LogP contribution in [0, 0.1) is 10.8 Å². The fraction of sp³-hybridized carbons (Fsp3) is 1.00. The fourth-order valence-corrected chi connectivity index (χ4v) is 2.26. The van der Waals surface area contributed by atoms with Crippen molar-refractivity contribution in [1.82, 2.24) is 0 Å². The van der Waals surface area contributed by atoms with Gasteiger partial charge >= 0.3 is 0 Å². The fourth-order valence-electron chi connectivity index (χ4n) is 2.26. The van der Waals surface area contributed by atoms with Crippen LogP contribution in [0.3, 0.4) is 0 Å². The van der Waals surface area contributed by atoms with Gasteiger partial charge in [-0.25, -0.2) is 0 Å². The highest BCUT2D eigenvalue weighted by Crippen LogP contribution is 2.65. The Morgan fingerprint density at radius 3 is 1.86 bits per heavy atom. The predicted octanol–water partition coefficient (Wildman–Crippen LogP) is 1.76. The second-order valence-corrected chi connectivity index (χ2v) is 4.66. The average molecular weight is 201 g/mol.